The van der Waals surface area contributed by atoms with Crippen LogP contribution in [0.15, 0.2) is 60.4 Å². The molecule has 1 nitrogen and oxygen atoms in total. The van der Waals surface area contributed by atoms with E-state index < -0.39 is 0 Å². The molecule has 0 aromatic carbocycles. The zero-order valence-corrected chi connectivity index (χ0v) is 13.5. The molecule has 20 heavy (non-hydrogen) atoms. The van der Waals surface area contributed by atoms with Gasteiger partial charge in [-0.1, -0.05) is 50.0 Å². The van der Waals surface area contributed by atoms with E-state index in [2.05, 4.69) is 69.2 Å². The summed E-state index contributed by atoms with van der Waals surface area (Å²) in [5, 5.41) is 0. The Balaban J connectivity index is 3.24. The zero-order chi connectivity index (χ0) is 15.1. The summed E-state index contributed by atoms with van der Waals surface area (Å²) in [4.78, 5) is 2.46. The summed E-state index contributed by atoms with van der Waals surface area (Å²) >= 11 is 0. The van der Waals surface area contributed by atoms with Crippen molar-refractivity contribution in [2.45, 2.75) is 46.6 Å². The van der Waals surface area contributed by atoms with Crippen LogP contribution in [0.4, 0.5) is 0 Å². The predicted molar refractivity (Wildman–Crippen MR) is 90.6 cm³/mol. The topological polar surface area (TPSA) is 3.24 Å². The molecule has 0 bridgehead atoms. The molecule has 2 atom stereocenters. The molecule has 1 aliphatic heterocycles. The van der Waals surface area contributed by atoms with E-state index in [4.69, 9.17) is 0 Å². The van der Waals surface area contributed by atoms with Crippen molar-refractivity contribution in [1.29, 1.82) is 0 Å². The van der Waals surface area contributed by atoms with Gasteiger partial charge in [0.05, 0.1) is 6.04 Å². The third-order valence-electron chi connectivity index (χ3n) is 3.95. The molecule has 0 aliphatic carbocycles. The van der Waals surface area contributed by atoms with Crippen LogP contribution in [0.5, 0.6) is 0 Å². The lowest BCUT2D eigenvalue weighted by Crippen LogP contribution is -2.38. The minimum atomic E-state index is 0.368. The first kappa shape index (κ1) is 16.6. The second kappa shape index (κ2) is 7.94. The molecular weight excluding hydrogens is 242 g/mol. The van der Waals surface area contributed by atoms with E-state index in [1.54, 1.807) is 0 Å². The van der Waals surface area contributed by atoms with Gasteiger partial charge in [-0.05, 0) is 51.2 Å². The van der Waals surface area contributed by atoms with Gasteiger partial charge >= 0.3 is 0 Å². The average molecular weight is 271 g/mol. The Bertz CT molecular complexity index is 437. The van der Waals surface area contributed by atoms with Crippen LogP contribution in [-0.4, -0.2) is 17.5 Å². The molecule has 1 heterocycles. The number of likely N-dealkylation sites (tertiary alicyclic amines) is 1. The van der Waals surface area contributed by atoms with Gasteiger partial charge in [-0.3, -0.25) is 0 Å². The predicted octanol–water partition coefficient (Wildman–Crippen LogP) is 5.26. The smallest absolute Gasteiger partial charge is 0.0559 e. The van der Waals surface area contributed by atoms with E-state index in [1.807, 2.05) is 6.92 Å². The Morgan fingerprint density at radius 3 is 2.50 bits per heavy atom. The van der Waals surface area contributed by atoms with Crippen molar-refractivity contribution in [1.82, 2.24) is 4.90 Å². The van der Waals surface area contributed by atoms with Crippen molar-refractivity contribution in [3.8, 4) is 0 Å². The van der Waals surface area contributed by atoms with Gasteiger partial charge in [0.1, 0.15) is 0 Å². The Morgan fingerprint density at radius 2 is 1.95 bits per heavy atom. The fraction of sp³-hybridized carbons (Fsp3) is 0.474. The number of rotatable bonds is 4. The van der Waals surface area contributed by atoms with E-state index in [1.165, 1.54) is 16.8 Å². The fourth-order valence-corrected chi connectivity index (χ4v) is 2.99. The van der Waals surface area contributed by atoms with Crippen molar-refractivity contribution < 1.29 is 0 Å². The molecule has 1 heteroatoms. The standard InChI is InChI=1S/C19H29N/c1-7-10-12-18-15(4)13-14-17(6)19(20(18)9-3)16(5)11-8-2/h7-8,10-12,16,19H,4,6,9,13-14H2,1-3,5H3. The highest BCUT2D eigenvalue weighted by Crippen LogP contribution is 2.34. The van der Waals surface area contributed by atoms with Gasteiger partial charge in [0.25, 0.3) is 0 Å². The Kier molecular flexibility index (Phi) is 6.57. The summed E-state index contributed by atoms with van der Waals surface area (Å²) < 4.78 is 0. The lowest BCUT2D eigenvalue weighted by atomic mass is 9.92. The van der Waals surface area contributed by atoms with Crippen molar-refractivity contribution >= 4 is 0 Å². The van der Waals surface area contributed by atoms with E-state index in [-0.39, 0.29) is 0 Å². The van der Waals surface area contributed by atoms with Crippen molar-refractivity contribution in [3.63, 3.8) is 0 Å². The lowest BCUT2D eigenvalue weighted by molar-refractivity contribution is 0.263. The van der Waals surface area contributed by atoms with Crippen molar-refractivity contribution in [2.24, 2.45) is 5.92 Å². The molecule has 0 radical (unpaired) electrons. The molecule has 0 aromatic rings. The normalized spacial score (nSPS) is 24.9. The maximum atomic E-state index is 4.34. The van der Waals surface area contributed by atoms with Crippen molar-refractivity contribution in [3.05, 3.63) is 60.4 Å². The molecule has 1 aliphatic rings. The van der Waals surface area contributed by atoms with E-state index >= 15 is 0 Å². The second-order valence-electron chi connectivity index (χ2n) is 5.46. The number of hydrogen-bond donors (Lipinski definition) is 0. The van der Waals surface area contributed by atoms with Gasteiger partial charge in [-0.2, -0.15) is 0 Å². The van der Waals surface area contributed by atoms with Crippen LogP contribution in [0.2, 0.25) is 0 Å². The average Bonchev–Trinajstić information content (AvgIpc) is 2.54. The van der Waals surface area contributed by atoms with E-state index in [9.17, 15) is 0 Å². The largest absolute Gasteiger partial charge is 0.364 e. The molecule has 110 valence electrons. The van der Waals surface area contributed by atoms with Crippen molar-refractivity contribution in [2.75, 3.05) is 6.54 Å². The van der Waals surface area contributed by atoms with Crippen LogP contribution < -0.4 is 0 Å². The van der Waals surface area contributed by atoms with Crippen LogP contribution in [0.25, 0.3) is 0 Å². The summed E-state index contributed by atoms with van der Waals surface area (Å²) in [7, 11) is 0. The molecule has 2 unspecified atom stereocenters. The minimum Gasteiger partial charge on any atom is -0.364 e. The van der Waals surface area contributed by atoms with Gasteiger partial charge in [0.15, 0.2) is 0 Å². The molecule has 0 amide bonds. The summed E-state index contributed by atoms with van der Waals surface area (Å²) in [6.45, 7) is 18.2. The van der Waals surface area contributed by atoms with Crippen LogP contribution >= 0.6 is 0 Å². The molecule has 0 saturated carbocycles. The molecule has 1 saturated heterocycles. The Labute approximate surface area is 125 Å². The first-order chi connectivity index (χ1) is 9.56. The Morgan fingerprint density at radius 1 is 1.25 bits per heavy atom. The Hall–Kier alpha value is -1.50. The molecule has 0 spiro atoms. The number of allylic oxidation sites excluding steroid dienone is 5. The second-order valence-corrected chi connectivity index (χ2v) is 5.46. The van der Waals surface area contributed by atoms with E-state index in [0.29, 0.717) is 12.0 Å². The van der Waals surface area contributed by atoms with Gasteiger partial charge in [0, 0.05) is 12.2 Å². The number of hydrogen-bond acceptors (Lipinski definition) is 1. The SMILES string of the molecule is C=C1CCC(=C)C(C(C)C=CC)N(CC)C1=CC=CC. The third kappa shape index (κ3) is 3.75. The van der Waals surface area contributed by atoms with Crippen LogP contribution in [0, 0.1) is 5.92 Å². The van der Waals surface area contributed by atoms with Crippen LogP contribution in [0.3, 0.4) is 0 Å². The third-order valence-corrected chi connectivity index (χ3v) is 3.95. The summed E-state index contributed by atoms with van der Waals surface area (Å²) in [5.41, 5.74) is 3.81. The minimum absolute atomic E-state index is 0.368. The summed E-state index contributed by atoms with van der Waals surface area (Å²) in [6, 6.07) is 0.368. The van der Waals surface area contributed by atoms with Gasteiger partial charge in [-0.25, -0.2) is 0 Å². The maximum Gasteiger partial charge on any atom is 0.0559 e. The van der Waals surface area contributed by atoms with E-state index in [0.717, 1.165) is 19.4 Å². The van der Waals surface area contributed by atoms with Crippen LogP contribution in [-0.2, 0) is 0 Å². The maximum absolute atomic E-state index is 4.34. The quantitative estimate of drug-likeness (QED) is 0.631. The number of nitrogens with zero attached hydrogens (tertiary/aromatic N) is 1. The highest BCUT2D eigenvalue weighted by molar-refractivity contribution is 5.36. The molecule has 1 fully saturated rings. The highest BCUT2D eigenvalue weighted by atomic mass is 15.2. The van der Waals surface area contributed by atoms with Crippen LogP contribution in [0.1, 0.15) is 40.5 Å². The van der Waals surface area contributed by atoms with Gasteiger partial charge < -0.3 is 4.90 Å². The fourth-order valence-electron chi connectivity index (χ4n) is 2.99. The van der Waals surface area contributed by atoms with Gasteiger partial charge in [-0.15, -0.1) is 0 Å². The van der Waals surface area contributed by atoms with Gasteiger partial charge in [0.2, 0.25) is 0 Å². The zero-order valence-electron chi connectivity index (χ0n) is 13.5. The molecule has 0 aromatic heterocycles. The first-order valence-corrected chi connectivity index (χ1v) is 7.65. The highest BCUT2D eigenvalue weighted by Gasteiger charge is 2.29. The molecule has 0 N–H and O–H groups in total. The molecule has 1 rings (SSSR count). The number of likely N-dealkylation sites (N-methyl/N-ethyl adjacent to an activating group) is 1. The lowest BCUT2D eigenvalue weighted by Gasteiger charge is -2.37. The molecular formula is C19H29N. The summed E-state index contributed by atoms with van der Waals surface area (Å²) in [5.74, 6) is 0.465. The first-order valence-electron chi connectivity index (χ1n) is 7.65. The monoisotopic (exact) mass is 271 g/mol. The summed E-state index contributed by atoms with van der Waals surface area (Å²) in [6.07, 6.45) is 12.8.